The molecular weight excluding hydrogens is 256 g/mol. The van der Waals surface area contributed by atoms with Gasteiger partial charge in [-0.25, -0.2) is 0 Å². The summed E-state index contributed by atoms with van der Waals surface area (Å²) in [5.74, 6) is 1.70. The minimum Gasteiger partial charge on any atom is -0.381 e. The van der Waals surface area contributed by atoms with Crippen molar-refractivity contribution in [1.82, 2.24) is 9.80 Å². The normalized spacial score (nSPS) is 19.6. The highest BCUT2D eigenvalue weighted by atomic mass is 32.1. The Kier molecular flexibility index (Phi) is 7.73. The maximum Gasteiger partial charge on any atom is 0.0472 e. The second-order valence-electron chi connectivity index (χ2n) is 6.70. The maximum absolute atomic E-state index is 5.53. The average molecular weight is 289 g/mol. The van der Waals surface area contributed by atoms with Gasteiger partial charge in [0.1, 0.15) is 0 Å². The zero-order valence-corrected chi connectivity index (χ0v) is 14.1. The quantitative estimate of drug-likeness (QED) is 0.690. The second-order valence-corrected chi connectivity index (χ2v) is 7.02. The van der Waals surface area contributed by atoms with E-state index in [0.29, 0.717) is 5.41 Å². The van der Waals surface area contributed by atoms with Crippen LogP contribution in [-0.4, -0.2) is 69.0 Å². The fourth-order valence-electron chi connectivity index (χ4n) is 2.74. The van der Waals surface area contributed by atoms with Gasteiger partial charge in [0.15, 0.2) is 0 Å². The van der Waals surface area contributed by atoms with E-state index in [0.717, 1.165) is 50.8 Å². The summed E-state index contributed by atoms with van der Waals surface area (Å²) >= 11 is 4.63. The molecule has 0 aromatic carbocycles. The third-order valence-electron chi connectivity index (χ3n) is 3.93. The van der Waals surface area contributed by atoms with E-state index in [1.165, 1.54) is 13.1 Å². The first kappa shape index (κ1) is 17.3. The van der Waals surface area contributed by atoms with Crippen molar-refractivity contribution in [2.45, 2.75) is 26.7 Å². The molecule has 4 heteroatoms. The van der Waals surface area contributed by atoms with Gasteiger partial charge in [-0.3, -0.25) is 0 Å². The smallest absolute Gasteiger partial charge is 0.0472 e. The van der Waals surface area contributed by atoms with E-state index in [-0.39, 0.29) is 0 Å². The molecule has 0 amide bonds. The third kappa shape index (κ3) is 6.48. The van der Waals surface area contributed by atoms with Gasteiger partial charge in [0.05, 0.1) is 0 Å². The lowest BCUT2D eigenvalue weighted by Gasteiger charge is -2.41. The Balaban J connectivity index is 2.57. The number of likely N-dealkylation sites (N-methyl/N-ethyl adjacent to an activating group) is 1. The lowest BCUT2D eigenvalue weighted by Crippen LogP contribution is -2.45. The van der Waals surface area contributed by atoms with Crippen LogP contribution in [-0.2, 0) is 4.74 Å². The van der Waals surface area contributed by atoms with E-state index in [1.807, 2.05) is 0 Å². The first-order valence-corrected chi connectivity index (χ1v) is 8.16. The molecule has 0 bridgehead atoms. The van der Waals surface area contributed by atoms with Crippen molar-refractivity contribution in [2.75, 3.05) is 59.2 Å². The van der Waals surface area contributed by atoms with Gasteiger partial charge in [-0.2, -0.15) is 12.6 Å². The van der Waals surface area contributed by atoms with Crippen molar-refractivity contribution in [3.8, 4) is 0 Å². The van der Waals surface area contributed by atoms with Crippen LogP contribution in [0.2, 0.25) is 0 Å². The van der Waals surface area contributed by atoms with Crippen LogP contribution in [0.4, 0.5) is 0 Å². The van der Waals surface area contributed by atoms with Crippen molar-refractivity contribution in [3.05, 3.63) is 0 Å². The largest absolute Gasteiger partial charge is 0.381 e. The van der Waals surface area contributed by atoms with E-state index in [9.17, 15) is 0 Å². The van der Waals surface area contributed by atoms with Gasteiger partial charge in [-0.05, 0) is 44.0 Å². The Morgan fingerprint density at radius 3 is 2.26 bits per heavy atom. The Bertz CT molecular complexity index is 240. The minimum atomic E-state index is 0.364. The van der Waals surface area contributed by atoms with Crippen LogP contribution >= 0.6 is 12.6 Å². The first-order chi connectivity index (χ1) is 8.97. The minimum absolute atomic E-state index is 0.364. The molecule has 19 heavy (non-hydrogen) atoms. The molecule has 0 unspecified atom stereocenters. The van der Waals surface area contributed by atoms with E-state index in [4.69, 9.17) is 4.74 Å². The van der Waals surface area contributed by atoms with Gasteiger partial charge >= 0.3 is 0 Å². The highest BCUT2D eigenvalue weighted by molar-refractivity contribution is 7.80. The van der Waals surface area contributed by atoms with Crippen LogP contribution < -0.4 is 0 Å². The average Bonchev–Trinajstić information content (AvgIpc) is 2.36. The van der Waals surface area contributed by atoms with Gasteiger partial charge in [-0.1, -0.05) is 13.8 Å². The van der Waals surface area contributed by atoms with Gasteiger partial charge in [0.2, 0.25) is 0 Å². The number of thiol groups is 1. The molecule has 0 atom stereocenters. The van der Waals surface area contributed by atoms with Gasteiger partial charge in [-0.15, -0.1) is 0 Å². The molecule has 0 radical (unpaired) electrons. The molecule has 0 aliphatic carbocycles. The van der Waals surface area contributed by atoms with Crippen molar-refractivity contribution in [2.24, 2.45) is 11.3 Å². The molecule has 0 N–H and O–H groups in total. The molecule has 1 rings (SSSR count). The Morgan fingerprint density at radius 1 is 1.16 bits per heavy atom. The standard InChI is InChI=1S/C15H32N2OS/c1-14(2)11-17(8-7-16(3)4)12-15(13-19)5-9-18-10-6-15/h14,19H,5-13H2,1-4H3. The molecule has 1 aliphatic rings. The molecule has 0 aromatic rings. The molecule has 1 fully saturated rings. The number of ether oxygens (including phenoxy) is 1. The second kappa shape index (κ2) is 8.50. The summed E-state index contributed by atoms with van der Waals surface area (Å²) < 4.78 is 5.53. The predicted molar refractivity (Wildman–Crippen MR) is 86.2 cm³/mol. The van der Waals surface area contributed by atoms with Crippen molar-refractivity contribution in [1.29, 1.82) is 0 Å². The summed E-state index contributed by atoms with van der Waals surface area (Å²) in [6, 6.07) is 0. The van der Waals surface area contributed by atoms with E-state index < -0.39 is 0 Å². The summed E-state index contributed by atoms with van der Waals surface area (Å²) in [5.41, 5.74) is 0.364. The molecule has 0 aromatic heterocycles. The van der Waals surface area contributed by atoms with Crippen molar-refractivity contribution >= 4 is 12.6 Å². The summed E-state index contributed by atoms with van der Waals surface area (Å²) in [5, 5.41) is 0. The van der Waals surface area contributed by atoms with Crippen LogP contribution in [0.3, 0.4) is 0 Å². The summed E-state index contributed by atoms with van der Waals surface area (Å²) in [6.45, 7) is 11.1. The molecule has 1 saturated heterocycles. The highest BCUT2D eigenvalue weighted by Gasteiger charge is 2.33. The molecule has 0 spiro atoms. The molecule has 114 valence electrons. The molecule has 1 heterocycles. The van der Waals surface area contributed by atoms with Crippen molar-refractivity contribution < 1.29 is 4.74 Å². The third-order valence-corrected chi connectivity index (χ3v) is 4.61. The van der Waals surface area contributed by atoms with E-state index in [1.54, 1.807) is 0 Å². The van der Waals surface area contributed by atoms with Crippen LogP contribution in [0.5, 0.6) is 0 Å². The summed E-state index contributed by atoms with van der Waals surface area (Å²) in [6.07, 6.45) is 2.32. The highest BCUT2D eigenvalue weighted by Crippen LogP contribution is 2.32. The SMILES string of the molecule is CC(C)CN(CCN(C)C)CC1(CS)CCOCC1. The Labute approximate surface area is 125 Å². The fraction of sp³-hybridized carbons (Fsp3) is 1.00. The van der Waals surface area contributed by atoms with Crippen LogP contribution in [0.15, 0.2) is 0 Å². The van der Waals surface area contributed by atoms with Crippen LogP contribution in [0.1, 0.15) is 26.7 Å². The summed E-state index contributed by atoms with van der Waals surface area (Å²) in [4.78, 5) is 4.90. The van der Waals surface area contributed by atoms with E-state index in [2.05, 4.69) is 50.4 Å². The zero-order valence-electron chi connectivity index (χ0n) is 13.2. The van der Waals surface area contributed by atoms with Gasteiger partial charge < -0.3 is 14.5 Å². The molecular formula is C15H32N2OS. The predicted octanol–water partition coefficient (Wildman–Crippen LogP) is 2.23. The van der Waals surface area contributed by atoms with E-state index >= 15 is 0 Å². The van der Waals surface area contributed by atoms with Gasteiger partial charge in [0.25, 0.3) is 0 Å². The summed E-state index contributed by atoms with van der Waals surface area (Å²) in [7, 11) is 4.30. The van der Waals surface area contributed by atoms with Gasteiger partial charge in [0, 0.05) is 39.4 Å². The molecule has 3 nitrogen and oxygen atoms in total. The fourth-order valence-corrected chi connectivity index (χ4v) is 3.15. The number of rotatable bonds is 8. The topological polar surface area (TPSA) is 15.7 Å². The Morgan fingerprint density at radius 2 is 1.79 bits per heavy atom. The monoisotopic (exact) mass is 288 g/mol. The van der Waals surface area contributed by atoms with Crippen molar-refractivity contribution in [3.63, 3.8) is 0 Å². The molecule has 1 aliphatic heterocycles. The van der Waals surface area contributed by atoms with Crippen LogP contribution in [0.25, 0.3) is 0 Å². The first-order valence-electron chi connectivity index (χ1n) is 7.53. The number of hydrogen-bond acceptors (Lipinski definition) is 4. The molecule has 0 saturated carbocycles. The Hall–Kier alpha value is 0.230. The maximum atomic E-state index is 5.53. The zero-order chi connectivity index (χ0) is 14.3. The number of hydrogen-bond donors (Lipinski definition) is 1. The lowest BCUT2D eigenvalue weighted by atomic mass is 9.81. The van der Waals surface area contributed by atoms with Crippen LogP contribution in [0, 0.1) is 11.3 Å². The number of nitrogens with zero attached hydrogens (tertiary/aromatic N) is 2. The lowest BCUT2D eigenvalue weighted by molar-refractivity contribution is 0.00521.